The Labute approximate surface area is 174 Å². The lowest BCUT2D eigenvalue weighted by molar-refractivity contribution is 0.179. The number of benzene rings is 1. The average Bonchev–Trinajstić information content (AvgIpc) is 3.20. The molecule has 0 bridgehead atoms. The fraction of sp³-hybridized carbons (Fsp3) is 0.368. The van der Waals surface area contributed by atoms with E-state index < -0.39 is 10.0 Å². The van der Waals surface area contributed by atoms with E-state index in [1.807, 2.05) is 6.07 Å². The highest BCUT2D eigenvalue weighted by Crippen LogP contribution is 2.32. The van der Waals surface area contributed by atoms with Gasteiger partial charge in [-0.15, -0.1) is 5.10 Å². The van der Waals surface area contributed by atoms with Gasteiger partial charge >= 0.3 is 0 Å². The minimum absolute atomic E-state index is 0.0973. The Balaban J connectivity index is 1.38. The Hall–Kier alpha value is -2.36. The highest BCUT2D eigenvalue weighted by molar-refractivity contribution is 7.89. The van der Waals surface area contributed by atoms with Gasteiger partial charge in [0, 0.05) is 36.6 Å². The van der Waals surface area contributed by atoms with Gasteiger partial charge in [-0.05, 0) is 43.0 Å². The fourth-order valence-corrected chi connectivity index (χ4v) is 5.27. The van der Waals surface area contributed by atoms with E-state index in [2.05, 4.69) is 10.1 Å². The molecule has 0 radical (unpaired) electrons. The molecule has 0 N–H and O–H groups in total. The van der Waals surface area contributed by atoms with Crippen LogP contribution >= 0.6 is 11.6 Å². The number of rotatable bonds is 6. The van der Waals surface area contributed by atoms with Crippen molar-refractivity contribution >= 4 is 27.3 Å². The van der Waals surface area contributed by atoms with Crippen LogP contribution in [0, 0.1) is 5.92 Å². The van der Waals surface area contributed by atoms with Crippen LogP contribution in [0.4, 0.5) is 0 Å². The Morgan fingerprint density at radius 2 is 2.00 bits per heavy atom. The van der Waals surface area contributed by atoms with Gasteiger partial charge in [-0.2, -0.15) is 4.31 Å². The monoisotopic (exact) mass is 436 g/mol. The summed E-state index contributed by atoms with van der Waals surface area (Å²) in [4.78, 5) is 4.25. The summed E-state index contributed by atoms with van der Waals surface area (Å²) in [7, 11) is -2.23. The van der Waals surface area contributed by atoms with Gasteiger partial charge in [0.05, 0.1) is 13.7 Å². The molecule has 0 spiro atoms. The summed E-state index contributed by atoms with van der Waals surface area (Å²) in [5, 5.41) is 4.70. The zero-order chi connectivity index (χ0) is 20.4. The lowest BCUT2D eigenvalue weighted by atomic mass is 9.99. The van der Waals surface area contributed by atoms with Crippen LogP contribution in [0.15, 0.2) is 47.6 Å². The van der Waals surface area contributed by atoms with Crippen LogP contribution < -0.4 is 9.47 Å². The molecule has 2 aromatic heterocycles. The standard InChI is InChI=1S/C19H21ClN4O4S/c1-27-16-3-2-15(20)12-17(16)29(25,26)23-9-6-14(7-10-23)13-28-19-5-4-18-21-8-11-24(18)22-19/h2-5,8,11-12,14H,6-7,9-10,13H2,1H3. The van der Waals surface area contributed by atoms with Crippen LogP contribution in [0.2, 0.25) is 5.02 Å². The van der Waals surface area contributed by atoms with E-state index >= 15 is 0 Å². The Morgan fingerprint density at radius 3 is 2.76 bits per heavy atom. The van der Waals surface area contributed by atoms with Gasteiger partial charge in [-0.25, -0.2) is 17.9 Å². The van der Waals surface area contributed by atoms with Gasteiger partial charge in [0.25, 0.3) is 0 Å². The molecule has 3 aromatic rings. The smallest absolute Gasteiger partial charge is 0.246 e. The van der Waals surface area contributed by atoms with Crippen molar-refractivity contribution in [3.63, 3.8) is 0 Å². The molecule has 29 heavy (non-hydrogen) atoms. The molecule has 4 rings (SSSR count). The normalized spacial score (nSPS) is 16.2. The predicted octanol–water partition coefficient (Wildman–Crippen LogP) is 2.87. The number of nitrogens with zero attached hydrogens (tertiary/aromatic N) is 4. The minimum Gasteiger partial charge on any atom is -0.495 e. The summed E-state index contributed by atoms with van der Waals surface area (Å²) >= 11 is 6.00. The van der Waals surface area contributed by atoms with Crippen LogP contribution in [-0.4, -0.2) is 54.1 Å². The molecule has 154 valence electrons. The Morgan fingerprint density at radius 1 is 1.21 bits per heavy atom. The first-order valence-electron chi connectivity index (χ1n) is 9.24. The van der Waals surface area contributed by atoms with Crippen LogP contribution in [-0.2, 0) is 10.0 Å². The van der Waals surface area contributed by atoms with Crippen LogP contribution in [0.3, 0.4) is 0 Å². The molecule has 0 amide bonds. The molecular formula is C19H21ClN4O4S. The summed E-state index contributed by atoms with van der Waals surface area (Å²) in [6.07, 6.45) is 4.84. The second-order valence-corrected chi connectivity index (χ2v) is 9.20. The third-order valence-electron chi connectivity index (χ3n) is 5.01. The van der Waals surface area contributed by atoms with Crippen LogP contribution in [0.5, 0.6) is 11.6 Å². The van der Waals surface area contributed by atoms with Crippen LogP contribution in [0.25, 0.3) is 5.65 Å². The van der Waals surface area contributed by atoms with Crippen LogP contribution in [0.1, 0.15) is 12.8 Å². The topological polar surface area (TPSA) is 86.0 Å². The van der Waals surface area contributed by atoms with E-state index in [9.17, 15) is 8.42 Å². The quantitative estimate of drug-likeness (QED) is 0.590. The molecule has 1 fully saturated rings. The van der Waals surface area contributed by atoms with E-state index in [0.29, 0.717) is 49.2 Å². The molecule has 0 unspecified atom stereocenters. The maximum absolute atomic E-state index is 13.0. The molecule has 0 atom stereocenters. The first kappa shape index (κ1) is 19.9. The number of fused-ring (bicyclic) bond motifs is 1. The average molecular weight is 437 g/mol. The molecule has 3 heterocycles. The van der Waals surface area contributed by atoms with Crippen molar-refractivity contribution in [2.24, 2.45) is 5.92 Å². The molecular weight excluding hydrogens is 416 g/mol. The van der Waals surface area contributed by atoms with Gasteiger partial charge in [0.15, 0.2) is 5.65 Å². The number of halogens is 1. The maximum Gasteiger partial charge on any atom is 0.246 e. The maximum atomic E-state index is 13.0. The molecule has 0 aliphatic carbocycles. The van der Waals surface area contributed by atoms with Crippen molar-refractivity contribution in [2.75, 3.05) is 26.8 Å². The van der Waals surface area contributed by atoms with Crippen molar-refractivity contribution < 1.29 is 17.9 Å². The van der Waals surface area contributed by atoms with Crippen molar-refractivity contribution in [1.82, 2.24) is 18.9 Å². The Kier molecular flexibility index (Phi) is 5.62. The first-order chi connectivity index (χ1) is 14.0. The van der Waals surface area contributed by atoms with Crippen molar-refractivity contribution in [2.45, 2.75) is 17.7 Å². The van der Waals surface area contributed by atoms with E-state index in [1.165, 1.54) is 17.5 Å². The summed E-state index contributed by atoms with van der Waals surface area (Å²) in [6, 6.07) is 8.24. The number of methoxy groups -OCH3 is 1. The molecule has 1 aromatic carbocycles. The summed E-state index contributed by atoms with van der Waals surface area (Å²) in [5.41, 5.74) is 0.757. The number of sulfonamides is 1. The van der Waals surface area contributed by atoms with Gasteiger partial charge in [-0.1, -0.05) is 11.6 Å². The number of piperidine rings is 1. The highest BCUT2D eigenvalue weighted by Gasteiger charge is 2.32. The zero-order valence-corrected chi connectivity index (χ0v) is 17.4. The molecule has 8 nitrogen and oxygen atoms in total. The van der Waals surface area contributed by atoms with Gasteiger partial charge < -0.3 is 9.47 Å². The molecule has 1 aliphatic heterocycles. The van der Waals surface area contributed by atoms with Gasteiger partial charge in [0.1, 0.15) is 10.6 Å². The number of aromatic nitrogens is 3. The molecule has 1 saturated heterocycles. The number of hydrogen-bond acceptors (Lipinski definition) is 6. The first-order valence-corrected chi connectivity index (χ1v) is 11.1. The van der Waals surface area contributed by atoms with E-state index in [-0.39, 0.29) is 10.8 Å². The largest absolute Gasteiger partial charge is 0.495 e. The molecule has 10 heteroatoms. The van der Waals surface area contributed by atoms with Crippen molar-refractivity contribution in [3.8, 4) is 11.6 Å². The highest BCUT2D eigenvalue weighted by atomic mass is 35.5. The number of hydrogen-bond donors (Lipinski definition) is 0. The molecule has 0 saturated carbocycles. The fourth-order valence-electron chi connectivity index (χ4n) is 3.39. The lowest BCUT2D eigenvalue weighted by Gasteiger charge is -2.31. The SMILES string of the molecule is COc1ccc(Cl)cc1S(=O)(=O)N1CCC(COc2ccc3nccn3n2)CC1. The van der Waals surface area contributed by atoms with Gasteiger partial charge in [-0.3, -0.25) is 0 Å². The number of ether oxygens (including phenoxy) is 2. The third-order valence-corrected chi connectivity index (χ3v) is 7.17. The molecule has 1 aliphatic rings. The second-order valence-electron chi connectivity index (χ2n) is 6.86. The van der Waals surface area contributed by atoms with Gasteiger partial charge in [0.2, 0.25) is 15.9 Å². The summed E-state index contributed by atoms with van der Waals surface area (Å²) in [6.45, 7) is 1.32. The lowest BCUT2D eigenvalue weighted by Crippen LogP contribution is -2.39. The van der Waals surface area contributed by atoms with E-state index in [0.717, 1.165) is 5.65 Å². The van der Waals surface area contributed by atoms with Crippen molar-refractivity contribution in [1.29, 1.82) is 0 Å². The van der Waals surface area contributed by atoms with E-state index in [1.54, 1.807) is 35.1 Å². The zero-order valence-electron chi connectivity index (χ0n) is 15.9. The van der Waals surface area contributed by atoms with Crippen molar-refractivity contribution in [3.05, 3.63) is 47.7 Å². The summed E-state index contributed by atoms with van der Waals surface area (Å²) in [5.74, 6) is 1.07. The predicted molar refractivity (Wildman–Crippen MR) is 108 cm³/mol. The summed E-state index contributed by atoms with van der Waals surface area (Å²) < 4.78 is 40.2. The third kappa shape index (κ3) is 4.17. The Bertz CT molecular complexity index is 1110. The van der Waals surface area contributed by atoms with E-state index in [4.69, 9.17) is 21.1 Å². The minimum atomic E-state index is -3.68. The number of imidazole rings is 1. The second kappa shape index (κ2) is 8.17.